The van der Waals surface area contributed by atoms with E-state index in [1.807, 2.05) is 0 Å². The molecule has 1 heterocycles. The summed E-state index contributed by atoms with van der Waals surface area (Å²) in [6.45, 7) is 0.891. The molecule has 23 heavy (non-hydrogen) atoms. The Morgan fingerprint density at radius 3 is 2.87 bits per heavy atom. The molecule has 2 aromatic carbocycles. The predicted octanol–water partition coefficient (Wildman–Crippen LogP) is 3.30. The maximum absolute atomic E-state index is 13.6. The van der Waals surface area contributed by atoms with Gasteiger partial charge >= 0.3 is 0 Å². The number of amides is 1. The zero-order valence-electron chi connectivity index (χ0n) is 12.1. The topological polar surface area (TPSA) is 59.6 Å². The van der Waals surface area contributed by atoms with Crippen LogP contribution in [0, 0.1) is 5.82 Å². The quantitative estimate of drug-likeness (QED) is 0.899. The summed E-state index contributed by atoms with van der Waals surface area (Å²) in [7, 11) is 0. The predicted molar refractivity (Wildman–Crippen MR) is 86.0 cm³/mol. The average Bonchev–Trinajstić information content (AvgIpc) is 2.56. The largest absolute Gasteiger partial charge is 0.486 e. The van der Waals surface area contributed by atoms with Crippen molar-refractivity contribution in [1.29, 1.82) is 0 Å². The summed E-state index contributed by atoms with van der Waals surface area (Å²) in [5.41, 5.74) is 0.683. The molecule has 3 rings (SSSR count). The third kappa shape index (κ3) is 3.65. The molecule has 1 aliphatic rings. The highest BCUT2D eigenvalue weighted by Gasteiger charge is 2.16. The first kappa shape index (κ1) is 15.4. The van der Waals surface area contributed by atoms with Gasteiger partial charge in [-0.25, -0.2) is 4.39 Å². The Kier molecular flexibility index (Phi) is 4.52. The maximum Gasteiger partial charge on any atom is 0.243 e. The fourth-order valence-electron chi connectivity index (χ4n) is 2.18. The van der Waals surface area contributed by atoms with Gasteiger partial charge in [0.15, 0.2) is 11.5 Å². The summed E-state index contributed by atoms with van der Waals surface area (Å²) in [4.78, 5) is 12.0. The lowest BCUT2D eigenvalue weighted by Crippen LogP contribution is -2.23. The molecule has 0 spiro atoms. The summed E-state index contributed by atoms with van der Waals surface area (Å²) in [5, 5.41) is 5.77. The van der Waals surface area contributed by atoms with Gasteiger partial charge in [0.1, 0.15) is 19.0 Å². The fourth-order valence-corrected chi connectivity index (χ4v) is 2.35. The van der Waals surface area contributed by atoms with Crippen molar-refractivity contribution in [3.63, 3.8) is 0 Å². The number of rotatable bonds is 4. The third-order valence-corrected chi connectivity index (χ3v) is 3.44. The molecule has 2 aromatic rings. The van der Waals surface area contributed by atoms with E-state index in [9.17, 15) is 9.18 Å². The Bertz CT molecular complexity index is 739. The molecule has 0 atom stereocenters. The van der Waals surface area contributed by atoms with Crippen LogP contribution in [0.4, 0.5) is 15.8 Å². The molecule has 1 aliphatic heterocycles. The van der Waals surface area contributed by atoms with Gasteiger partial charge in [0, 0.05) is 5.02 Å². The van der Waals surface area contributed by atoms with Crippen LogP contribution < -0.4 is 20.1 Å². The van der Waals surface area contributed by atoms with Crippen molar-refractivity contribution >= 4 is 28.9 Å². The SMILES string of the molecule is O=C(CNc1cccc2c1OCCO2)Nc1cc(Cl)ccc1F. The molecule has 0 bridgehead atoms. The first-order chi connectivity index (χ1) is 11.1. The number of carbonyl (C=O) groups excluding carboxylic acids is 1. The van der Waals surface area contributed by atoms with E-state index in [1.54, 1.807) is 18.2 Å². The van der Waals surface area contributed by atoms with Gasteiger partial charge in [0.05, 0.1) is 17.9 Å². The van der Waals surface area contributed by atoms with E-state index >= 15 is 0 Å². The molecular weight excluding hydrogens is 323 g/mol. The van der Waals surface area contributed by atoms with Gasteiger partial charge in [0.2, 0.25) is 5.91 Å². The molecular formula is C16H14ClFN2O3. The Morgan fingerprint density at radius 2 is 2.00 bits per heavy atom. The van der Waals surface area contributed by atoms with Gasteiger partial charge in [-0.3, -0.25) is 4.79 Å². The van der Waals surface area contributed by atoms with Crippen molar-refractivity contribution < 1.29 is 18.7 Å². The summed E-state index contributed by atoms with van der Waals surface area (Å²) < 4.78 is 24.6. The van der Waals surface area contributed by atoms with E-state index in [-0.39, 0.29) is 12.2 Å². The van der Waals surface area contributed by atoms with Crippen LogP contribution in [-0.2, 0) is 4.79 Å². The minimum Gasteiger partial charge on any atom is -0.486 e. The third-order valence-electron chi connectivity index (χ3n) is 3.21. The number of benzene rings is 2. The van der Waals surface area contributed by atoms with E-state index in [0.717, 1.165) is 0 Å². The first-order valence-electron chi connectivity index (χ1n) is 7.01. The standard InChI is InChI=1S/C16H14ClFN2O3/c17-10-4-5-11(18)13(8-10)20-15(21)9-19-12-2-1-3-14-16(12)23-7-6-22-14/h1-5,8,19H,6-7,9H2,(H,20,21). The van der Waals surface area contributed by atoms with Crippen molar-refractivity contribution in [3.05, 3.63) is 47.2 Å². The van der Waals surface area contributed by atoms with Crippen molar-refractivity contribution in [3.8, 4) is 11.5 Å². The molecule has 0 aliphatic carbocycles. The number of para-hydroxylation sites is 1. The van der Waals surface area contributed by atoms with E-state index in [1.165, 1.54) is 18.2 Å². The molecule has 0 unspecified atom stereocenters. The van der Waals surface area contributed by atoms with Crippen LogP contribution in [0.3, 0.4) is 0 Å². The van der Waals surface area contributed by atoms with Crippen molar-refractivity contribution in [2.75, 3.05) is 30.4 Å². The molecule has 0 saturated carbocycles. The molecule has 0 radical (unpaired) electrons. The van der Waals surface area contributed by atoms with Gasteiger partial charge < -0.3 is 20.1 Å². The lowest BCUT2D eigenvalue weighted by atomic mass is 10.2. The fraction of sp³-hybridized carbons (Fsp3) is 0.188. The number of carbonyl (C=O) groups is 1. The van der Waals surface area contributed by atoms with Gasteiger partial charge in [-0.15, -0.1) is 0 Å². The van der Waals surface area contributed by atoms with Crippen molar-refractivity contribution in [1.82, 2.24) is 0 Å². The molecule has 1 amide bonds. The molecule has 0 aromatic heterocycles. The Labute approximate surface area is 137 Å². The second-order valence-electron chi connectivity index (χ2n) is 4.86. The zero-order chi connectivity index (χ0) is 16.2. The number of anilines is 2. The Hall–Kier alpha value is -2.47. The number of hydrogen-bond acceptors (Lipinski definition) is 4. The van der Waals surface area contributed by atoms with Gasteiger partial charge in [-0.1, -0.05) is 17.7 Å². The smallest absolute Gasteiger partial charge is 0.243 e. The normalized spacial score (nSPS) is 12.6. The number of halogens is 2. The highest BCUT2D eigenvalue weighted by molar-refractivity contribution is 6.30. The van der Waals surface area contributed by atoms with Gasteiger partial charge in [-0.2, -0.15) is 0 Å². The van der Waals surface area contributed by atoms with Crippen LogP contribution in [0.1, 0.15) is 0 Å². The Balaban J connectivity index is 1.64. The molecule has 2 N–H and O–H groups in total. The van der Waals surface area contributed by atoms with Crippen molar-refractivity contribution in [2.24, 2.45) is 0 Å². The summed E-state index contributed by atoms with van der Waals surface area (Å²) in [6, 6.07) is 9.34. The highest BCUT2D eigenvalue weighted by Crippen LogP contribution is 2.37. The number of nitrogens with one attached hydrogen (secondary N) is 2. The van der Waals surface area contributed by atoms with E-state index in [2.05, 4.69) is 10.6 Å². The average molecular weight is 337 g/mol. The summed E-state index contributed by atoms with van der Waals surface area (Å²) in [5.74, 6) is 0.250. The Morgan fingerprint density at radius 1 is 1.17 bits per heavy atom. The van der Waals surface area contributed by atoms with Gasteiger partial charge in [0.25, 0.3) is 0 Å². The molecule has 0 saturated heterocycles. The minimum absolute atomic E-state index is 0.0407. The molecule has 0 fully saturated rings. The van der Waals surface area contributed by atoms with Crippen LogP contribution in [0.15, 0.2) is 36.4 Å². The number of ether oxygens (including phenoxy) is 2. The van der Waals surface area contributed by atoms with Crippen LogP contribution in [0.5, 0.6) is 11.5 Å². The van der Waals surface area contributed by atoms with Crippen molar-refractivity contribution in [2.45, 2.75) is 0 Å². The van der Waals surface area contributed by atoms with Crippen LogP contribution in [0.2, 0.25) is 5.02 Å². The summed E-state index contributed by atoms with van der Waals surface area (Å²) in [6.07, 6.45) is 0. The van der Waals surface area contributed by atoms with E-state index in [0.29, 0.717) is 35.4 Å². The zero-order valence-corrected chi connectivity index (χ0v) is 12.8. The molecule has 7 heteroatoms. The monoisotopic (exact) mass is 336 g/mol. The second kappa shape index (κ2) is 6.75. The number of fused-ring (bicyclic) bond motifs is 1. The van der Waals surface area contributed by atoms with E-state index < -0.39 is 11.7 Å². The molecule has 120 valence electrons. The highest BCUT2D eigenvalue weighted by atomic mass is 35.5. The number of hydrogen-bond donors (Lipinski definition) is 2. The lowest BCUT2D eigenvalue weighted by Gasteiger charge is -2.21. The first-order valence-corrected chi connectivity index (χ1v) is 7.38. The van der Waals surface area contributed by atoms with Crippen LogP contribution in [0.25, 0.3) is 0 Å². The van der Waals surface area contributed by atoms with Crippen LogP contribution >= 0.6 is 11.6 Å². The second-order valence-corrected chi connectivity index (χ2v) is 5.29. The van der Waals surface area contributed by atoms with Crippen LogP contribution in [-0.4, -0.2) is 25.7 Å². The van der Waals surface area contributed by atoms with Gasteiger partial charge in [-0.05, 0) is 30.3 Å². The minimum atomic E-state index is -0.545. The van der Waals surface area contributed by atoms with E-state index in [4.69, 9.17) is 21.1 Å². The maximum atomic E-state index is 13.6. The lowest BCUT2D eigenvalue weighted by molar-refractivity contribution is -0.114. The molecule has 5 nitrogen and oxygen atoms in total. The summed E-state index contributed by atoms with van der Waals surface area (Å²) >= 11 is 5.79.